The minimum absolute atomic E-state index is 0.187. The summed E-state index contributed by atoms with van der Waals surface area (Å²) in [5, 5.41) is 3.08. The van der Waals surface area contributed by atoms with Gasteiger partial charge in [0.15, 0.2) is 0 Å². The number of nitrogens with zero attached hydrogens (tertiary/aromatic N) is 2. The second kappa shape index (κ2) is 8.29. The van der Waals surface area contributed by atoms with Crippen molar-refractivity contribution in [1.29, 1.82) is 0 Å². The maximum absolute atomic E-state index is 12.7. The van der Waals surface area contributed by atoms with Gasteiger partial charge in [-0.3, -0.25) is 4.79 Å². The number of amides is 1. The highest BCUT2D eigenvalue weighted by Gasteiger charge is 2.29. The molecule has 1 aromatic heterocycles. The summed E-state index contributed by atoms with van der Waals surface area (Å²) >= 11 is 1.66. The van der Waals surface area contributed by atoms with Crippen LogP contribution in [0.15, 0.2) is 35.8 Å². The minimum Gasteiger partial charge on any atom is -0.497 e. The summed E-state index contributed by atoms with van der Waals surface area (Å²) in [5.74, 6) is 1.14. The monoisotopic (exact) mass is 344 g/mol. The molecule has 5 heteroatoms. The van der Waals surface area contributed by atoms with E-state index in [0.717, 1.165) is 43.0 Å². The van der Waals surface area contributed by atoms with E-state index >= 15 is 0 Å². The van der Waals surface area contributed by atoms with Crippen molar-refractivity contribution in [3.63, 3.8) is 0 Å². The Morgan fingerprint density at radius 3 is 2.88 bits per heavy atom. The number of thiazole rings is 1. The number of hydrogen-bond donors (Lipinski definition) is 0. The van der Waals surface area contributed by atoms with E-state index in [4.69, 9.17) is 4.74 Å². The Balaban J connectivity index is 1.53. The van der Waals surface area contributed by atoms with Gasteiger partial charge in [0.2, 0.25) is 5.91 Å². The zero-order valence-electron chi connectivity index (χ0n) is 14.1. The summed E-state index contributed by atoms with van der Waals surface area (Å²) in [7, 11) is 1.67. The standard InChI is InChI=1S/C19H24N2O2S/c1-23-16-10-8-15(9-11-16)5-4-7-18(22)21-13-3-2-6-17(21)19-20-12-14-24-19/h8-12,14,17H,2-7,13H2,1H3. The van der Waals surface area contributed by atoms with E-state index in [9.17, 15) is 4.79 Å². The number of likely N-dealkylation sites (tertiary alicyclic amines) is 1. The topological polar surface area (TPSA) is 42.4 Å². The van der Waals surface area contributed by atoms with Gasteiger partial charge in [-0.25, -0.2) is 4.98 Å². The van der Waals surface area contributed by atoms with Crippen molar-refractivity contribution in [3.05, 3.63) is 46.4 Å². The van der Waals surface area contributed by atoms with Crippen molar-refractivity contribution >= 4 is 17.2 Å². The van der Waals surface area contributed by atoms with E-state index < -0.39 is 0 Å². The molecule has 0 radical (unpaired) electrons. The lowest BCUT2D eigenvalue weighted by atomic mass is 10.0. The van der Waals surface area contributed by atoms with Crippen LogP contribution in [0.2, 0.25) is 0 Å². The molecular weight excluding hydrogens is 320 g/mol. The van der Waals surface area contributed by atoms with Crippen LogP contribution in [0.3, 0.4) is 0 Å². The first kappa shape index (κ1) is 17.0. The molecule has 0 bridgehead atoms. The van der Waals surface area contributed by atoms with Crippen LogP contribution in [0.4, 0.5) is 0 Å². The van der Waals surface area contributed by atoms with Gasteiger partial charge < -0.3 is 9.64 Å². The summed E-state index contributed by atoms with van der Waals surface area (Å²) in [6.45, 7) is 0.867. The highest BCUT2D eigenvalue weighted by Crippen LogP contribution is 2.32. The number of benzene rings is 1. The third-order valence-corrected chi connectivity index (χ3v) is 5.45. The number of carbonyl (C=O) groups excluding carboxylic acids is 1. The number of methoxy groups -OCH3 is 1. The van der Waals surface area contributed by atoms with E-state index in [-0.39, 0.29) is 11.9 Å². The number of ether oxygens (including phenoxy) is 1. The van der Waals surface area contributed by atoms with Crippen molar-refractivity contribution in [1.82, 2.24) is 9.88 Å². The summed E-state index contributed by atoms with van der Waals surface area (Å²) in [6, 6.07) is 8.28. The van der Waals surface area contributed by atoms with E-state index in [1.54, 1.807) is 18.4 Å². The van der Waals surface area contributed by atoms with Crippen molar-refractivity contribution in [3.8, 4) is 5.75 Å². The molecule has 1 amide bonds. The highest BCUT2D eigenvalue weighted by atomic mass is 32.1. The molecule has 0 aliphatic carbocycles. The molecule has 0 N–H and O–H groups in total. The van der Waals surface area contributed by atoms with Crippen molar-refractivity contribution in [2.24, 2.45) is 0 Å². The van der Waals surface area contributed by atoms with Gasteiger partial charge in [0.05, 0.1) is 13.2 Å². The number of hydrogen-bond acceptors (Lipinski definition) is 4. The highest BCUT2D eigenvalue weighted by molar-refractivity contribution is 7.09. The predicted molar refractivity (Wildman–Crippen MR) is 96.4 cm³/mol. The van der Waals surface area contributed by atoms with Gasteiger partial charge >= 0.3 is 0 Å². The number of rotatable bonds is 6. The number of aromatic nitrogens is 1. The number of piperidine rings is 1. The minimum atomic E-state index is 0.187. The van der Waals surface area contributed by atoms with Crippen LogP contribution in [0.25, 0.3) is 0 Å². The van der Waals surface area contributed by atoms with Gasteiger partial charge in [-0.1, -0.05) is 12.1 Å². The van der Waals surface area contributed by atoms with Crippen LogP contribution >= 0.6 is 11.3 Å². The summed E-state index contributed by atoms with van der Waals surface area (Å²) < 4.78 is 5.17. The van der Waals surface area contributed by atoms with Crippen molar-refractivity contribution in [2.75, 3.05) is 13.7 Å². The quantitative estimate of drug-likeness (QED) is 0.787. The third-order valence-electron chi connectivity index (χ3n) is 4.57. The molecule has 1 aliphatic heterocycles. The van der Waals surface area contributed by atoms with Gasteiger partial charge in [0.1, 0.15) is 10.8 Å². The largest absolute Gasteiger partial charge is 0.497 e. The lowest BCUT2D eigenvalue weighted by Gasteiger charge is -2.34. The lowest BCUT2D eigenvalue weighted by Crippen LogP contribution is -2.38. The molecule has 4 nitrogen and oxygen atoms in total. The Labute approximate surface area is 147 Å². The molecule has 2 heterocycles. The lowest BCUT2D eigenvalue weighted by molar-refractivity contribution is -0.135. The van der Waals surface area contributed by atoms with Crippen LogP contribution in [0.5, 0.6) is 5.75 Å². The molecule has 1 unspecified atom stereocenters. The molecule has 1 saturated heterocycles. The van der Waals surface area contributed by atoms with Gasteiger partial charge in [-0.15, -0.1) is 11.3 Å². The van der Waals surface area contributed by atoms with E-state index in [2.05, 4.69) is 22.0 Å². The maximum Gasteiger partial charge on any atom is 0.223 e. The fourth-order valence-corrected chi connectivity index (χ4v) is 4.05. The second-order valence-electron chi connectivity index (χ2n) is 6.17. The molecule has 3 rings (SSSR count). The van der Waals surface area contributed by atoms with Crippen molar-refractivity contribution in [2.45, 2.75) is 44.6 Å². The molecule has 1 aromatic carbocycles. The van der Waals surface area contributed by atoms with E-state index in [1.165, 1.54) is 12.0 Å². The molecule has 0 spiro atoms. The van der Waals surface area contributed by atoms with Crippen LogP contribution in [0.1, 0.15) is 48.7 Å². The average Bonchev–Trinajstić information content (AvgIpc) is 3.17. The van der Waals surface area contributed by atoms with Gasteiger partial charge in [0.25, 0.3) is 0 Å². The first-order valence-corrected chi connectivity index (χ1v) is 9.47. The molecule has 1 atom stereocenters. The first-order chi connectivity index (χ1) is 11.8. The molecule has 1 fully saturated rings. The second-order valence-corrected chi connectivity index (χ2v) is 7.10. The predicted octanol–water partition coefficient (Wildman–Crippen LogP) is 4.23. The van der Waals surface area contributed by atoms with Crippen LogP contribution in [-0.2, 0) is 11.2 Å². The van der Waals surface area contributed by atoms with Gasteiger partial charge in [-0.2, -0.15) is 0 Å². The van der Waals surface area contributed by atoms with Crippen molar-refractivity contribution < 1.29 is 9.53 Å². The SMILES string of the molecule is COc1ccc(CCCC(=O)N2CCCCC2c2nccs2)cc1. The Kier molecular flexibility index (Phi) is 5.86. The molecule has 1 aliphatic rings. The fourth-order valence-electron chi connectivity index (χ4n) is 3.27. The normalized spacial score (nSPS) is 17.7. The smallest absolute Gasteiger partial charge is 0.223 e. The molecule has 128 valence electrons. The number of carbonyl (C=O) groups is 1. The van der Waals surface area contributed by atoms with Gasteiger partial charge in [0, 0.05) is 24.5 Å². The maximum atomic E-state index is 12.7. The average molecular weight is 344 g/mol. The summed E-state index contributed by atoms with van der Waals surface area (Å²) in [6.07, 6.45) is 7.57. The third kappa shape index (κ3) is 4.15. The van der Waals surface area contributed by atoms with E-state index in [0.29, 0.717) is 6.42 Å². The molecule has 24 heavy (non-hydrogen) atoms. The Morgan fingerprint density at radius 2 is 2.17 bits per heavy atom. The van der Waals surface area contributed by atoms with Gasteiger partial charge in [-0.05, 0) is 49.8 Å². The summed E-state index contributed by atoms with van der Waals surface area (Å²) in [4.78, 5) is 19.2. The van der Waals surface area contributed by atoms with Crippen LogP contribution in [-0.4, -0.2) is 29.4 Å². The Bertz CT molecular complexity index is 640. The van der Waals surface area contributed by atoms with E-state index in [1.807, 2.05) is 23.7 Å². The fraction of sp³-hybridized carbons (Fsp3) is 0.474. The van der Waals surface area contributed by atoms with Crippen LogP contribution < -0.4 is 4.74 Å². The van der Waals surface area contributed by atoms with Crippen LogP contribution in [0, 0.1) is 0 Å². The Morgan fingerprint density at radius 1 is 1.33 bits per heavy atom. The molecule has 2 aromatic rings. The molecule has 0 saturated carbocycles. The summed E-state index contributed by atoms with van der Waals surface area (Å²) in [5.41, 5.74) is 1.25. The Hall–Kier alpha value is -1.88. The first-order valence-electron chi connectivity index (χ1n) is 8.59. The zero-order chi connectivity index (χ0) is 16.8. The zero-order valence-corrected chi connectivity index (χ0v) is 14.9. The molecular formula is C19H24N2O2S. The number of aryl methyl sites for hydroxylation is 1.